The number of carbonyl (C=O) groups excluding carboxylic acids is 1. The average Bonchev–Trinajstić information content (AvgIpc) is 3.25. The summed E-state index contributed by atoms with van der Waals surface area (Å²) in [5.41, 5.74) is 3.29. The number of aromatic nitrogens is 1. The van der Waals surface area contributed by atoms with Gasteiger partial charge in [0, 0.05) is 4.90 Å². The van der Waals surface area contributed by atoms with Gasteiger partial charge >= 0.3 is 0 Å². The molecule has 0 N–H and O–H groups in total. The van der Waals surface area contributed by atoms with Gasteiger partial charge in [-0.1, -0.05) is 54.7 Å². The van der Waals surface area contributed by atoms with Crippen LogP contribution in [-0.2, 0) is 17.8 Å². The molecule has 0 radical (unpaired) electrons. The summed E-state index contributed by atoms with van der Waals surface area (Å²) in [5, 5.41) is 0.743. The highest BCUT2D eigenvalue weighted by Crippen LogP contribution is 2.32. The van der Waals surface area contributed by atoms with Crippen LogP contribution in [0.4, 0.5) is 5.13 Å². The highest BCUT2D eigenvalue weighted by atomic mass is 32.2. The van der Waals surface area contributed by atoms with Crippen LogP contribution in [0.5, 0.6) is 5.75 Å². The number of methoxy groups -OCH3 is 1. The van der Waals surface area contributed by atoms with E-state index >= 15 is 0 Å². The molecule has 0 aliphatic heterocycles. The Bertz CT molecular complexity index is 1160. The molecular weight excluding hydrogens is 424 g/mol. The molecule has 0 aliphatic carbocycles. The number of ether oxygens (including phenoxy) is 1. The molecule has 0 fully saturated rings. The zero-order chi connectivity index (χ0) is 21.6. The van der Waals surface area contributed by atoms with Crippen molar-refractivity contribution in [1.82, 2.24) is 4.98 Å². The Morgan fingerprint density at radius 1 is 1.03 bits per heavy atom. The molecule has 1 amide bonds. The molecule has 158 valence electrons. The Morgan fingerprint density at radius 2 is 1.81 bits per heavy atom. The molecule has 4 aromatic rings. The first-order valence-electron chi connectivity index (χ1n) is 10.2. The average molecular weight is 449 g/mol. The quantitative estimate of drug-likeness (QED) is 0.301. The molecule has 0 atom stereocenters. The lowest BCUT2D eigenvalue weighted by Crippen LogP contribution is -2.31. The van der Waals surface area contributed by atoms with E-state index in [0.717, 1.165) is 38.0 Å². The van der Waals surface area contributed by atoms with Gasteiger partial charge in [0.05, 0.1) is 29.6 Å². The van der Waals surface area contributed by atoms with Crippen molar-refractivity contribution in [3.8, 4) is 5.75 Å². The number of benzene rings is 3. The maximum Gasteiger partial charge on any atom is 0.239 e. The molecule has 1 heterocycles. The smallest absolute Gasteiger partial charge is 0.239 e. The minimum atomic E-state index is 0.0412. The van der Waals surface area contributed by atoms with Crippen LogP contribution in [0.15, 0.2) is 77.7 Å². The summed E-state index contributed by atoms with van der Waals surface area (Å²) in [7, 11) is 1.65. The molecule has 0 unspecified atom stereocenters. The fourth-order valence-electron chi connectivity index (χ4n) is 3.22. The first-order chi connectivity index (χ1) is 15.2. The van der Waals surface area contributed by atoms with Gasteiger partial charge in [-0.05, 0) is 53.9 Å². The van der Waals surface area contributed by atoms with Crippen LogP contribution in [0.1, 0.15) is 18.1 Å². The van der Waals surface area contributed by atoms with E-state index < -0.39 is 0 Å². The number of thioether (sulfide) groups is 1. The predicted octanol–water partition coefficient (Wildman–Crippen LogP) is 6.19. The van der Waals surface area contributed by atoms with E-state index in [9.17, 15) is 4.79 Å². The van der Waals surface area contributed by atoms with E-state index in [1.165, 1.54) is 17.3 Å². The zero-order valence-corrected chi connectivity index (χ0v) is 19.2. The number of carbonyl (C=O) groups is 1. The molecule has 0 bridgehead atoms. The van der Waals surface area contributed by atoms with E-state index in [0.29, 0.717) is 12.3 Å². The maximum absolute atomic E-state index is 13.3. The number of aryl methyl sites for hydroxylation is 1. The van der Waals surface area contributed by atoms with Gasteiger partial charge in [0.2, 0.25) is 5.91 Å². The van der Waals surface area contributed by atoms with Crippen LogP contribution < -0.4 is 9.64 Å². The minimum absolute atomic E-state index is 0.0412. The second-order valence-corrected chi connectivity index (χ2v) is 9.14. The van der Waals surface area contributed by atoms with Crippen molar-refractivity contribution in [3.63, 3.8) is 0 Å². The topological polar surface area (TPSA) is 42.4 Å². The summed E-state index contributed by atoms with van der Waals surface area (Å²) in [6.45, 7) is 2.65. The van der Waals surface area contributed by atoms with E-state index in [1.807, 2.05) is 65.6 Å². The van der Waals surface area contributed by atoms with Crippen molar-refractivity contribution >= 4 is 44.4 Å². The summed E-state index contributed by atoms with van der Waals surface area (Å²) in [6.07, 6.45) is 0.980. The molecule has 0 saturated carbocycles. The number of hydrogen-bond acceptors (Lipinski definition) is 5. The largest absolute Gasteiger partial charge is 0.497 e. The summed E-state index contributed by atoms with van der Waals surface area (Å²) in [5.74, 6) is 1.19. The zero-order valence-electron chi connectivity index (χ0n) is 17.6. The normalized spacial score (nSPS) is 10.9. The van der Waals surface area contributed by atoms with Gasteiger partial charge in [0.25, 0.3) is 0 Å². The number of amides is 1. The highest BCUT2D eigenvalue weighted by Gasteiger charge is 2.20. The number of fused-ring (bicyclic) bond motifs is 1. The predicted molar refractivity (Wildman–Crippen MR) is 130 cm³/mol. The molecule has 3 aromatic carbocycles. The number of rotatable bonds is 8. The molecule has 0 spiro atoms. The number of hydrogen-bond donors (Lipinski definition) is 0. The second-order valence-electron chi connectivity index (χ2n) is 7.08. The van der Waals surface area contributed by atoms with Gasteiger partial charge in [0.1, 0.15) is 5.75 Å². The molecule has 4 nitrogen and oxygen atoms in total. The van der Waals surface area contributed by atoms with Crippen LogP contribution >= 0.6 is 23.1 Å². The molecule has 31 heavy (non-hydrogen) atoms. The number of anilines is 1. The van der Waals surface area contributed by atoms with Gasteiger partial charge in [-0.3, -0.25) is 9.69 Å². The van der Waals surface area contributed by atoms with Crippen LogP contribution in [0.2, 0.25) is 0 Å². The lowest BCUT2D eigenvalue weighted by molar-refractivity contribution is -0.116. The van der Waals surface area contributed by atoms with Gasteiger partial charge in [-0.15, -0.1) is 11.8 Å². The third-order valence-electron chi connectivity index (χ3n) is 4.99. The van der Waals surface area contributed by atoms with Crippen molar-refractivity contribution in [2.45, 2.75) is 24.8 Å². The molecule has 4 rings (SSSR count). The van der Waals surface area contributed by atoms with E-state index in [-0.39, 0.29) is 5.91 Å². The van der Waals surface area contributed by atoms with E-state index in [4.69, 9.17) is 9.72 Å². The summed E-state index contributed by atoms with van der Waals surface area (Å²) >= 11 is 3.10. The second kappa shape index (κ2) is 9.98. The highest BCUT2D eigenvalue weighted by molar-refractivity contribution is 8.00. The summed E-state index contributed by atoms with van der Waals surface area (Å²) in [6, 6.07) is 24.2. The fraction of sp³-hybridized carbons (Fsp3) is 0.200. The van der Waals surface area contributed by atoms with Crippen LogP contribution in [0.3, 0.4) is 0 Å². The van der Waals surface area contributed by atoms with E-state index in [1.54, 1.807) is 18.4 Å². The van der Waals surface area contributed by atoms with Crippen LogP contribution in [0, 0.1) is 0 Å². The first kappa shape index (κ1) is 21.4. The molecular formula is C25H24N2O2S2. The minimum Gasteiger partial charge on any atom is -0.497 e. The van der Waals surface area contributed by atoms with Crippen LogP contribution in [0.25, 0.3) is 10.2 Å². The molecule has 6 heteroatoms. The van der Waals surface area contributed by atoms with Gasteiger partial charge in [-0.2, -0.15) is 0 Å². The first-order valence-corrected chi connectivity index (χ1v) is 12.0. The molecule has 0 aliphatic rings. The number of nitrogens with zero attached hydrogens (tertiary/aromatic N) is 2. The van der Waals surface area contributed by atoms with Crippen molar-refractivity contribution in [1.29, 1.82) is 0 Å². The third kappa shape index (κ3) is 5.27. The summed E-state index contributed by atoms with van der Waals surface area (Å²) < 4.78 is 6.33. The van der Waals surface area contributed by atoms with E-state index in [2.05, 4.69) is 19.1 Å². The molecule has 1 aromatic heterocycles. The van der Waals surface area contributed by atoms with Crippen molar-refractivity contribution in [3.05, 3.63) is 83.9 Å². The Kier molecular flexibility index (Phi) is 6.89. The SMILES string of the molecule is CCc1ccc2nc(N(Cc3ccccc3)C(=O)CSc3ccc(OC)cc3)sc2c1. The monoisotopic (exact) mass is 448 g/mol. The van der Waals surface area contributed by atoms with Crippen molar-refractivity contribution in [2.24, 2.45) is 0 Å². The van der Waals surface area contributed by atoms with Crippen molar-refractivity contribution in [2.75, 3.05) is 17.8 Å². The Labute approximate surface area is 190 Å². The lowest BCUT2D eigenvalue weighted by atomic mass is 10.2. The van der Waals surface area contributed by atoms with Gasteiger partial charge in [0.15, 0.2) is 5.13 Å². The van der Waals surface area contributed by atoms with Gasteiger partial charge in [-0.25, -0.2) is 4.98 Å². The standard InChI is InChI=1S/C25H24N2O2S2/c1-3-18-9-14-22-23(15-18)31-25(26-22)27(16-19-7-5-4-6-8-19)24(28)17-30-21-12-10-20(29-2)11-13-21/h4-15H,3,16-17H2,1-2H3. The summed E-state index contributed by atoms with van der Waals surface area (Å²) in [4.78, 5) is 20.9. The third-order valence-corrected chi connectivity index (χ3v) is 7.02. The molecule has 0 saturated heterocycles. The maximum atomic E-state index is 13.3. The number of thiazole rings is 1. The lowest BCUT2D eigenvalue weighted by Gasteiger charge is -2.20. The Balaban J connectivity index is 1.58. The Hall–Kier alpha value is -2.83. The van der Waals surface area contributed by atoms with Gasteiger partial charge < -0.3 is 4.74 Å². The Morgan fingerprint density at radius 3 is 2.52 bits per heavy atom. The van der Waals surface area contributed by atoms with Crippen molar-refractivity contribution < 1.29 is 9.53 Å². The van der Waals surface area contributed by atoms with Crippen LogP contribution in [-0.4, -0.2) is 23.8 Å². The fourth-order valence-corrected chi connectivity index (χ4v) is 5.04.